The van der Waals surface area contributed by atoms with Gasteiger partial charge in [-0.05, 0) is 50.6 Å². The molecule has 0 saturated heterocycles. The first-order valence-corrected chi connectivity index (χ1v) is 4.71. The van der Waals surface area contributed by atoms with Gasteiger partial charge < -0.3 is 11.1 Å². The smallest absolute Gasteiger partial charge is 0.00726 e. The Balaban J connectivity index is 1.84. The van der Waals surface area contributed by atoms with Gasteiger partial charge >= 0.3 is 0 Å². The minimum absolute atomic E-state index is 0.543. The summed E-state index contributed by atoms with van der Waals surface area (Å²) in [5, 5.41) is 3.25. The van der Waals surface area contributed by atoms with Gasteiger partial charge in [0.25, 0.3) is 0 Å². The summed E-state index contributed by atoms with van der Waals surface area (Å²) in [5.41, 5.74) is 5.90. The second-order valence-corrected chi connectivity index (χ2v) is 4.22. The highest BCUT2D eigenvalue weighted by atomic mass is 14.8. The first kappa shape index (κ1) is 7.56. The highest BCUT2D eigenvalue weighted by Gasteiger charge is 2.45. The molecule has 0 bridgehead atoms. The zero-order valence-corrected chi connectivity index (χ0v) is 7.22. The molecule has 64 valence electrons. The van der Waals surface area contributed by atoms with E-state index >= 15 is 0 Å². The van der Waals surface area contributed by atoms with E-state index in [9.17, 15) is 0 Å². The lowest BCUT2D eigenvalue weighted by Crippen LogP contribution is -2.44. The summed E-state index contributed by atoms with van der Waals surface area (Å²) in [6, 6.07) is 0.543. The summed E-state index contributed by atoms with van der Waals surface area (Å²) in [6.45, 7) is 1.19. The fraction of sp³-hybridized carbons (Fsp3) is 1.00. The number of hydrogen-bond donors (Lipinski definition) is 2. The van der Waals surface area contributed by atoms with E-state index in [-0.39, 0.29) is 0 Å². The van der Waals surface area contributed by atoms with Gasteiger partial charge in [0.2, 0.25) is 0 Å². The van der Waals surface area contributed by atoms with E-state index in [1.807, 2.05) is 7.05 Å². The first-order chi connectivity index (χ1) is 5.31. The third-order valence-electron chi connectivity index (χ3n) is 3.46. The van der Waals surface area contributed by atoms with Crippen LogP contribution in [-0.4, -0.2) is 19.6 Å². The van der Waals surface area contributed by atoms with Crippen molar-refractivity contribution < 1.29 is 0 Å². The van der Waals surface area contributed by atoms with Crippen molar-refractivity contribution >= 4 is 0 Å². The lowest BCUT2D eigenvalue weighted by atomic mass is 9.72. The van der Waals surface area contributed by atoms with Gasteiger partial charge in [0.1, 0.15) is 0 Å². The van der Waals surface area contributed by atoms with Crippen LogP contribution in [0.5, 0.6) is 0 Å². The van der Waals surface area contributed by atoms with Crippen molar-refractivity contribution in [3.8, 4) is 0 Å². The van der Waals surface area contributed by atoms with E-state index in [1.165, 1.54) is 25.8 Å². The van der Waals surface area contributed by atoms with E-state index in [0.29, 0.717) is 6.04 Å². The molecular formula is C9H18N2. The van der Waals surface area contributed by atoms with Gasteiger partial charge in [-0.25, -0.2) is 0 Å². The van der Waals surface area contributed by atoms with Gasteiger partial charge in [-0.15, -0.1) is 0 Å². The maximum absolute atomic E-state index is 5.90. The van der Waals surface area contributed by atoms with E-state index in [4.69, 9.17) is 5.73 Å². The third kappa shape index (κ3) is 1.18. The van der Waals surface area contributed by atoms with Crippen LogP contribution in [0.25, 0.3) is 0 Å². The summed E-state index contributed by atoms with van der Waals surface area (Å²) in [7, 11) is 2.04. The van der Waals surface area contributed by atoms with Crippen LogP contribution in [0.2, 0.25) is 0 Å². The van der Waals surface area contributed by atoms with Crippen LogP contribution in [0, 0.1) is 17.8 Å². The maximum Gasteiger partial charge on any atom is 0.00726 e. The van der Waals surface area contributed by atoms with E-state index in [2.05, 4.69) is 5.32 Å². The molecule has 0 heterocycles. The average Bonchev–Trinajstić information content (AvgIpc) is 2.29. The molecule has 2 rings (SSSR count). The summed E-state index contributed by atoms with van der Waals surface area (Å²) in [6.07, 6.45) is 4.11. The van der Waals surface area contributed by atoms with Crippen LogP contribution in [0.4, 0.5) is 0 Å². The molecule has 2 heteroatoms. The van der Waals surface area contributed by atoms with Crippen molar-refractivity contribution in [2.75, 3.05) is 13.6 Å². The molecule has 2 aliphatic carbocycles. The Kier molecular flexibility index (Phi) is 1.90. The van der Waals surface area contributed by atoms with Crippen LogP contribution in [0.1, 0.15) is 19.3 Å². The van der Waals surface area contributed by atoms with Crippen LogP contribution in [0.3, 0.4) is 0 Å². The molecule has 0 aromatic carbocycles. The molecule has 2 saturated carbocycles. The number of hydrogen-bond acceptors (Lipinski definition) is 2. The SMILES string of the molecule is CNCC1CC2CC(N)C2C1. The molecule has 0 radical (unpaired) electrons. The predicted octanol–water partition coefficient (Wildman–Crippen LogP) is 0.579. The Hall–Kier alpha value is -0.0800. The standard InChI is InChI=1S/C9H18N2/c1-11-5-6-2-7-4-9(10)8(7)3-6/h6-9,11H,2-5,10H2,1H3. The van der Waals surface area contributed by atoms with Gasteiger partial charge in [0.05, 0.1) is 0 Å². The molecule has 2 aliphatic rings. The summed E-state index contributed by atoms with van der Waals surface area (Å²) < 4.78 is 0. The van der Waals surface area contributed by atoms with Gasteiger partial charge in [0, 0.05) is 6.04 Å². The minimum Gasteiger partial charge on any atom is -0.327 e. The second-order valence-electron chi connectivity index (χ2n) is 4.22. The van der Waals surface area contributed by atoms with Crippen molar-refractivity contribution in [1.82, 2.24) is 5.32 Å². The monoisotopic (exact) mass is 154 g/mol. The summed E-state index contributed by atoms with van der Waals surface area (Å²) in [4.78, 5) is 0. The molecular weight excluding hydrogens is 136 g/mol. The van der Waals surface area contributed by atoms with Gasteiger partial charge in [-0.1, -0.05) is 0 Å². The minimum atomic E-state index is 0.543. The molecule has 0 spiro atoms. The van der Waals surface area contributed by atoms with E-state index in [1.54, 1.807) is 0 Å². The zero-order valence-electron chi connectivity index (χ0n) is 7.22. The highest BCUT2D eigenvalue weighted by molar-refractivity contribution is 4.99. The Morgan fingerprint density at radius 1 is 1.36 bits per heavy atom. The number of rotatable bonds is 2. The molecule has 3 N–H and O–H groups in total. The van der Waals surface area contributed by atoms with Crippen LogP contribution >= 0.6 is 0 Å². The Bertz CT molecular complexity index is 146. The Morgan fingerprint density at radius 2 is 2.18 bits per heavy atom. The quantitative estimate of drug-likeness (QED) is 0.610. The molecule has 4 atom stereocenters. The van der Waals surface area contributed by atoms with Crippen LogP contribution in [0.15, 0.2) is 0 Å². The molecule has 0 aromatic heterocycles. The summed E-state index contributed by atoms with van der Waals surface area (Å²) >= 11 is 0. The Morgan fingerprint density at radius 3 is 2.73 bits per heavy atom. The largest absolute Gasteiger partial charge is 0.327 e. The first-order valence-electron chi connectivity index (χ1n) is 4.71. The lowest BCUT2D eigenvalue weighted by Gasteiger charge is -2.37. The van der Waals surface area contributed by atoms with Crippen LogP contribution in [-0.2, 0) is 0 Å². The van der Waals surface area contributed by atoms with Gasteiger partial charge in [0.15, 0.2) is 0 Å². The molecule has 11 heavy (non-hydrogen) atoms. The molecule has 4 unspecified atom stereocenters. The third-order valence-corrected chi connectivity index (χ3v) is 3.46. The number of fused-ring (bicyclic) bond motifs is 1. The molecule has 0 aliphatic heterocycles. The van der Waals surface area contributed by atoms with Crippen molar-refractivity contribution in [3.63, 3.8) is 0 Å². The fourth-order valence-corrected chi connectivity index (χ4v) is 2.86. The molecule has 0 aromatic rings. The van der Waals surface area contributed by atoms with Gasteiger partial charge in [-0.3, -0.25) is 0 Å². The van der Waals surface area contributed by atoms with Crippen molar-refractivity contribution in [2.45, 2.75) is 25.3 Å². The summed E-state index contributed by atoms with van der Waals surface area (Å²) in [5.74, 6) is 2.79. The highest BCUT2D eigenvalue weighted by Crippen LogP contribution is 2.48. The number of nitrogens with one attached hydrogen (secondary N) is 1. The average molecular weight is 154 g/mol. The zero-order chi connectivity index (χ0) is 7.84. The predicted molar refractivity (Wildman–Crippen MR) is 46.2 cm³/mol. The van der Waals surface area contributed by atoms with Crippen LogP contribution < -0.4 is 11.1 Å². The van der Waals surface area contributed by atoms with Crippen molar-refractivity contribution in [3.05, 3.63) is 0 Å². The lowest BCUT2D eigenvalue weighted by molar-refractivity contribution is 0.173. The van der Waals surface area contributed by atoms with Crippen molar-refractivity contribution in [1.29, 1.82) is 0 Å². The second kappa shape index (κ2) is 2.76. The number of nitrogens with two attached hydrogens (primary N) is 1. The van der Waals surface area contributed by atoms with Gasteiger partial charge in [-0.2, -0.15) is 0 Å². The molecule has 2 fully saturated rings. The fourth-order valence-electron chi connectivity index (χ4n) is 2.86. The normalized spacial score (nSPS) is 48.5. The van der Waals surface area contributed by atoms with E-state index < -0.39 is 0 Å². The molecule has 0 amide bonds. The van der Waals surface area contributed by atoms with Crippen molar-refractivity contribution in [2.24, 2.45) is 23.5 Å². The maximum atomic E-state index is 5.90. The Labute approximate surface area is 68.5 Å². The topological polar surface area (TPSA) is 38.0 Å². The molecule has 2 nitrogen and oxygen atoms in total. The van der Waals surface area contributed by atoms with E-state index in [0.717, 1.165) is 17.8 Å².